The lowest BCUT2D eigenvalue weighted by molar-refractivity contribution is 0.304. The van der Waals surface area contributed by atoms with Gasteiger partial charge in [-0.25, -0.2) is 17.8 Å². The summed E-state index contributed by atoms with van der Waals surface area (Å²) >= 11 is 1.45. The molecule has 3 aromatic rings. The van der Waals surface area contributed by atoms with Crippen molar-refractivity contribution in [1.82, 2.24) is 4.98 Å². The largest absolute Gasteiger partial charge is 0.485 e. The van der Waals surface area contributed by atoms with Crippen molar-refractivity contribution < 1.29 is 17.5 Å². The van der Waals surface area contributed by atoms with Crippen LogP contribution in [0.15, 0.2) is 64.3 Å². The van der Waals surface area contributed by atoms with Crippen LogP contribution in [0.2, 0.25) is 0 Å². The molecular formula is C16H13FN2O3S2. The zero-order chi connectivity index (χ0) is 17.0. The number of rotatable bonds is 6. The van der Waals surface area contributed by atoms with Crippen LogP contribution in [0.1, 0.15) is 5.69 Å². The molecule has 2 aromatic carbocycles. The number of anilines is 1. The maximum atomic E-state index is 13.0. The lowest BCUT2D eigenvalue weighted by Gasteiger charge is -2.13. The lowest BCUT2D eigenvalue weighted by atomic mass is 10.3. The molecule has 1 N–H and O–H groups in total. The van der Waals surface area contributed by atoms with Crippen LogP contribution in [0.4, 0.5) is 10.1 Å². The molecule has 0 saturated heterocycles. The fraction of sp³-hybridized carbons (Fsp3) is 0.0625. The van der Waals surface area contributed by atoms with Gasteiger partial charge in [-0.1, -0.05) is 12.1 Å². The summed E-state index contributed by atoms with van der Waals surface area (Å²) in [5, 5.41) is 1.85. The van der Waals surface area contributed by atoms with E-state index in [9.17, 15) is 12.8 Å². The fourth-order valence-corrected chi connectivity index (χ4v) is 3.57. The number of benzene rings is 2. The molecule has 0 saturated carbocycles. The lowest BCUT2D eigenvalue weighted by Crippen LogP contribution is -2.14. The van der Waals surface area contributed by atoms with Gasteiger partial charge in [0.25, 0.3) is 10.0 Å². The van der Waals surface area contributed by atoms with Gasteiger partial charge in [-0.3, -0.25) is 4.72 Å². The minimum atomic E-state index is -3.83. The van der Waals surface area contributed by atoms with Gasteiger partial charge in [0.15, 0.2) is 0 Å². The Morgan fingerprint density at radius 3 is 2.58 bits per heavy atom. The van der Waals surface area contributed by atoms with Crippen LogP contribution in [0.5, 0.6) is 5.75 Å². The second kappa shape index (κ2) is 6.98. The molecule has 0 aliphatic rings. The summed E-state index contributed by atoms with van der Waals surface area (Å²) in [6.07, 6.45) is 0. The van der Waals surface area contributed by atoms with Crippen molar-refractivity contribution in [3.63, 3.8) is 0 Å². The summed E-state index contributed by atoms with van der Waals surface area (Å²) in [5.41, 5.74) is 2.76. The number of nitrogens with one attached hydrogen (secondary N) is 1. The number of sulfonamides is 1. The maximum absolute atomic E-state index is 13.0. The number of thiazole rings is 1. The average Bonchev–Trinajstić information content (AvgIpc) is 3.07. The van der Waals surface area contributed by atoms with E-state index in [1.54, 1.807) is 29.8 Å². The number of nitrogens with zero attached hydrogens (tertiary/aromatic N) is 1. The highest BCUT2D eigenvalue weighted by atomic mass is 32.2. The first kappa shape index (κ1) is 16.4. The van der Waals surface area contributed by atoms with Crippen LogP contribution in [0.3, 0.4) is 0 Å². The predicted molar refractivity (Wildman–Crippen MR) is 90.1 cm³/mol. The number of aromatic nitrogens is 1. The van der Waals surface area contributed by atoms with Crippen LogP contribution < -0.4 is 9.46 Å². The third kappa shape index (κ3) is 3.90. The standard InChI is InChI=1S/C16H13FN2O3S2/c17-12-5-7-14(8-6-12)24(20,21)19-15-3-1-2-4-16(15)22-9-13-10-23-11-18-13/h1-8,10-11,19H,9H2. The van der Waals surface area contributed by atoms with Crippen molar-refractivity contribution in [3.05, 3.63) is 70.9 Å². The highest BCUT2D eigenvalue weighted by molar-refractivity contribution is 7.92. The van der Waals surface area contributed by atoms with E-state index in [1.165, 1.54) is 23.5 Å². The van der Waals surface area contributed by atoms with Crippen molar-refractivity contribution in [2.75, 3.05) is 4.72 Å². The van der Waals surface area contributed by atoms with E-state index in [1.807, 2.05) is 5.38 Å². The average molecular weight is 364 g/mol. The van der Waals surface area contributed by atoms with Crippen molar-refractivity contribution in [2.45, 2.75) is 11.5 Å². The van der Waals surface area contributed by atoms with Gasteiger partial charge in [0.05, 0.1) is 21.8 Å². The van der Waals surface area contributed by atoms with E-state index in [4.69, 9.17) is 4.74 Å². The van der Waals surface area contributed by atoms with Crippen molar-refractivity contribution in [3.8, 4) is 5.75 Å². The molecule has 0 atom stereocenters. The first-order valence-electron chi connectivity index (χ1n) is 6.92. The Morgan fingerprint density at radius 1 is 1.12 bits per heavy atom. The first-order chi connectivity index (χ1) is 11.5. The molecule has 0 aliphatic carbocycles. The topological polar surface area (TPSA) is 68.3 Å². The third-order valence-electron chi connectivity index (χ3n) is 3.11. The van der Waals surface area contributed by atoms with E-state index < -0.39 is 15.8 Å². The van der Waals surface area contributed by atoms with Gasteiger partial charge in [-0.05, 0) is 36.4 Å². The number of hydrogen-bond donors (Lipinski definition) is 1. The third-order valence-corrected chi connectivity index (χ3v) is 5.13. The van der Waals surface area contributed by atoms with E-state index in [2.05, 4.69) is 9.71 Å². The van der Waals surface area contributed by atoms with Gasteiger partial charge >= 0.3 is 0 Å². The van der Waals surface area contributed by atoms with E-state index in [-0.39, 0.29) is 11.5 Å². The SMILES string of the molecule is O=S(=O)(Nc1ccccc1OCc1cscn1)c1ccc(F)cc1. The van der Waals surface area contributed by atoms with Crippen molar-refractivity contribution in [1.29, 1.82) is 0 Å². The summed E-state index contributed by atoms with van der Waals surface area (Å²) < 4.78 is 45.9. The second-order valence-electron chi connectivity index (χ2n) is 4.82. The smallest absolute Gasteiger partial charge is 0.262 e. The van der Waals surface area contributed by atoms with Crippen LogP contribution in [-0.2, 0) is 16.6 Å². The van der Waals surface area contributed by atoms with Gasteiger partial charge in [0, 0.05) is 5.38 Å². The van der Waals surface area contributed by atoms with Gasteiger partial charge < -0.3 is 4.74 Å². The van der Waals surface area contributed by atoms with Crippen LogP contribution >= 0.6 is 11.3 Å². The highest BCUT2D eigenvalue weighted by Gasteiger charge is 2.16. The Morgan fingerprint density at radius 2 is 1.88 bits per heavy atom. The molecule has 0 fully saturated rings. The molecule has 0 aliphatic heterocycles. The Kier molecular flexibility index (Phi) is 4.77. The monoisotopic (exact) mass is 364 g/mol. The molecule has 0 spiro atoms. The zero-order valence-corrected chi connectivity index (χ0v) is 14.0. The van der Waals surface area contributed by atoms with Gasteiger partial charge in [0.2, 0.25) is 0 Å². The molecule has 3 rings (SSSR count). The van der Waals surface area contributed by atoms with E-state index >= 15 is 0 Å². The molecule has 24 heavy (non-hydrogen) atoms. The summed E-state index contributed by atoms with van der Waals surface area (Å²) in [6, 6.07) is 11.3. The number of para-hydroxylation sites is 2. The Hall–Kier alpha value is -2.45. The molecule has 0 radical (unpaired) electrons. The predicted octanol–water partition coefficient (Wildman–Crippen LogP) is 3.66. The van der Waals surface area contributed by atoms with Crippen LogP contribution in [-0.4, -0.2) is 13.4 Å². The normalized spacial score (nSPS) is 11.2. The Labute approximate surface area is 142 Å². The van der Waals surface area contributed by atoms with Gasteiger partial charge in [-0.15, -0.1) is 11.3 Å². The minimum Gasteiger partial charge on any atom is -0.485 e. The molecule has 1 aromatic heterocycles. The number of halogens is 1. The molecule has 8 heteroatoms. The fourth-order valence-electron chi connectivity index (χ4n) is 1.95. The molecule has 1 heterocycles. The summed E-state index contributed by atoms with van der Waals surface area (Å²) in [7, 11) is -3.83. The van der Waals surface area contributed by atoms with Crippen molar-refractivity contribution in [2.24, 2.45) is 0 Å². The first-order valence-corrected chi connectivity index (χ1v) is 9.34. The molecule has 0 amide bonds. The molecule has 0 bridgehead atoms. The van der Waals surface area contributed by atoms with Gasteiger partial charge in [0.1, 0.15) is 18.2 Å². The molecule has 0 unspecified atom stereocenters. The quantitative estimate of drug-likeness (QED) is 0.725. The number of hydrogen-bond acceptors (Lipinski definition) is 5. The minimum absolute atomic E-state index is 0.0294. The number of ether oxygens (including phenoxy) is 1. The second-order valence-corrected chi connectivity index (χ2v) is 7.23. The van der Waals surface area contributed by atoms with Crippen LogP contribution in [0, 0.1) is 5.82 Å². The molecule has 5 nitrogen and oxygen atoms in total. The molecular weight excluding hydrogens is 351 g/mol. The Bertz CT molecular complexity index is 911. The van der Waals surface area contributed by atoms with Crippen molar-refractivity contribution >= 4 is 27.0 Å². The van der Waals surface area contributed by atoms with E-state index in [0.717, 1.165) is 17.8 Å². The zero-order valence-electron chi connectivity index (χ0n) is 12.3. The van der Waals surface area contributed by atoms with Crippen LogP contribution in [0.25, 0.3) is 0 Å². The Balaban J connectivity index is 1.80. The molecule has 124 valence electrons. The van der Waals surface area contributed by atoms with E-state index in [0.29, 0.717) is 11.4 Å². The van der Waals surface area contributed by atoms with Gasteiger partial charge in [-0.2, -0.15) is 0 Å². The summed E-state index contributed by atoms with van der Waals surface area (Å²) in [4.78, 5) is 4.08. The maximum Gasteiger partial charge on any atom is 0.262 e. The summed E-state index contributed by atoms with van der Waals surface area (Å²) in [5.74, 6) is -0.114. The summed E-state index contributed by atoms with van der Waals surface area (Å²) in [6.45, 7) is 0.235. The highest BCUT2D eigenvalue weighted by Crippen LogP contribution is 2.27.